The molecule has 0 spiro atoms. The SMILES string of the molecule is COc1c(C)[nH]cc(CN(C)CC(=O)N2CCOC(C)C2)c1=O. The highest BCUT2D eigenvalue weighted by Gasteiger charge is 2.22. The van der Waals surface area contributed by atoms with Crippen LogP contribution in [-0.2, 0) is 16.1 Å². The van der Waals surface area contributed by atoms with Gasteiger partial charge in [0.15, 0.2) is 5.75 Å². The molecule has 2 heterocycles. The highest BCUT2D eigenvalue weighted by molar-refractivity contribution is 5.78. The van der Waals surface area contributed by atoms with Crippen LogP contribution in [0.5, 0.6) is 5.75 Å². The van der Waals surface area contributed by atoms with E-state index in [4.69, 9.17) is 9.47 Å². The van der Waals surface area contributed by atoms with Gasteiger partial charge in [-0.05, 0) is 20.9 Å². The van der Waals surface area contributed by atoms with Gasteiger partial charge in [0.1, 0.15) is 0 Å². The summed E-state index contributed by atoms with van der Waals surface area (Å²) in [7, 11) is 3.31. The highest BCUT2D eigenvalue weighted by Crippen LogP contribution is 2.11. The number of hydrogen-bond acceptors (Lipinski definition) is 5. The number of carbonyl (C=O) groups excluding carboxylic acids is 1. The van der Waals surface area contributed by atoms with Crippen LogP contribution in [0.15, 0.2) is 11.0 Å². The van der Waals surface area contributed by atoms with Crippen LogP contribution < -0.4 is 10.2 Å². The number of rotatable bonds is 5. The van der Waals surface area contributed by atoms with Crippen molar-refractivity contribution in [3.05, 3.63) is 27.7 Å². The number of H-pyrrole nitrogens is 1. The van der Waals surface area contributed by atoms with Gasteiger partial charge in [0, 0.05) is 31.4 Å². The summed E-state index contributed by atoms with van der Waals surface area (Å²) in [5.41, 5.74) is 1.14. The van der Waals surface area contributed by atoms with Crippen LogP contribution in [0.1, 0.15) is 18.2 Å². The van der Waals surface area contributed by atoms with Gasteiger partial charge in [-0.3, -0.25) is 14.5 Å². The molecule has 1 N–H and O–H groups in total. The molecule has 7 nitrogen and oxygen atoms in total. The summed E-state index contributed by atoms with van der Waals surface area (Å²) in [5.74, 6) is 0.377. The molecule has 1 aromatic rings. The van der Waals surface area contributed by atoms with E-state index in [0.29, 0.717) is 43.2 Å². The van der Waals surface area contributed by atoms with Crippen molar-refractivity contribution in [3.63, 3.8) is 0 Å². The Morgan fingerprint density at radius 1 is 1.57 bits per heavy atom. The van der Waals surface area contributed by atoms with Crippen LogP contribution in [0.3, 0.4) is 0 Å². The summed E-state index contributed by atoms with van der Waals surface area (Å²) in [6.45, 7) is 6.21. The van der Waals surface area contributed by atoms with Crippen molar-refractivity contribution in [2.75, 3.05) is 40.4 Å². The predicted octanol–water partition coefficient (Wildman–Crippen LogP) is 0.371. The Kier molecular flexibility index (Phi) is 5.79. The molecule has 1 aromatic heterocycles. The Labute approximate surface area is 136 Å². The van der Waals surface area contributed by atoms with Gasteiger partial charge in [-0.25, -0.2) is 0 Å². The van der Waals surface area contributed by atoms with Gasteiger partial charge in [-0.2, -0.15) is 0 Å². The highest BCUT2D eigenvalue weighted by atomic mass is 16.5. The molecule has 23 heavy (non-hydrogen) atoms. The molecule has 1 aliphatic heterocycles. The van der Waals surface area contributed by atoms with E-state index in [-0.39, 0.29) is 24.0 Å². The molecule has 0 aromatic carbocycles. The fourth-order valence-corrected chi connectivity index (χ4v) is 2.73. The average Bonchev–Trinajstić information content (AvgIpc) is 2.50. The second kappa shape index (κ2) is 7.61. The molecule has 2 rings (SSSR count). The number of methoxy groups -OCH3 is 1. The lowest BCUT2D eigenvalue weighted by atomic mass is 10.2. The van der Waals surface area contributed by atoms with Gasteiger partial charge >= 0.3 is 0 Å². The number of pyridine rings is 1. The van der Waals surface area contributed by atoms with Crippen molar-refractivity contribution < 1.29 is 14.3 Å². The van der Waals surface area contributed by atoms with Crippen molar-refractivity contribution in [3.8, 4) is 5.75 Å². The number of likely N-dealkylation sites (N-methyl/N-ethyl adjacent to an activating group) is 1. The van der Waals surface area contributed by atoms with Crippen molar-refractivity contribution in [1.82, 2.24) is 14.8 Å². The Hall–Kier alpha value is -1.86. The van der Waals surface area contributed by atoms with Crippen molar-refractivity contribution >= 4 is 5.91 Å². The minimum atomic E-state index is -0.136. The van der Waals surface area contributed by atoms with Crippen LogP contribution in [-0.4, -0.2) is 67.2 Å². The van der Waals surface area contributed by atoms with Crippen molar-refractivity contribution in [2.24, 2.45) is 0 Å². The normalized spacial score (nSPS) is 18.3. The molecule has 1 amide bonds. The van der Waals surface area contributed by atoms with Crippen LogP contribution in [0.25, 0.3) is 0 Å². The molecule has 7 heteroatoms. The van der Waals surface area contributed by atoms with E-state index in [0.717, 1.165) is 0 Å². The van der Waals surface area contributed by atoms with Gasteiger partial charge in [0.2, 0.25) is 11.3 Å². The quantitative estimate of drug-likeness (QED) is 0.847. The van der Waals surface area contributed by atoms with E-state index in [2.05, 4.69) is 4.98 Å². The molecular weight excluding hydrogens is 298 g/mol. The van der Waals surface area contributed by atoms with Crippen LogP contribution in [0, 0.1) is 6.92 Å². The molecule has 0 radical (unpaired) electrons. The first-order valence-corrected chi connectivity index (χ1v) is 7.75. The number of nitrogens with one attached hydrogen (secondary N) is 1. The molecule has 1 unspecified atom stereocenters. The summed E-state index contributed by atoms with van der Waals surface area (Å²) < 4.78 is 10.6. The molecule has 1 saturated heterocycles. The summed E-state index contributed by atoms with van der Waals surface area (Å²) in [6.07, 6.45) is 1.75. The maximum absolute atomic E-state index is 12.3. The van der Waals surface area contributed by atoms with E-state index in [9.17, 15) is 9.59 Å². The lowest BCUT2D eigenvalue weighted by Crippen LogP contribution is -2.47. The van der Waals surface area contributed by atoms with Gasteiger partial charge in [-0.1, -0.05) is 0 Å². The maximum Gasteiger partial charge on any atom is 0.236 e. The van der Waals surface area contributed by atoms with Gasteiger partial charge < -0.3 is 19.4 Å². The van der Waals surface area contributed by atoms with E-state index in [1.807, 2.05) is 23.8 Å². The Bertz CT molecular complexity index is 614. The second-order valence-corrected chi connectivity index (χ2v) is 5.99. The van der Waals surface area contributed by atoms with Crippen LogP contribution in [0.4, 0.5) is 0 Å². The number of carbonyl (C=O) groups is 1. The third kappa shape index (κ3) is 4.33. The largest absolute Gasteiger partial charge is 0.491 e. The fraction of sp³-hybridized carbons (Fsp3) is 0.625. The van der Waals surface area contributed by atoms with Crippen LogP contribution in [0.2, 0.25) is 0 Å². The topological polar surface area (TPSA) is 74.9 Å². The average molecular weight is 323 g/mol. The zero-order chi connectivity index (χ0) is 17.0. The van der Waals surface area contributed by atoms with Gasteiger partial charge in [0.25, 0.3) is 0 Å². The third-order valence-electron chi connectivity index (χ3n) is 3.94. The number of morpholine rings is 1. The molecule has 1 atom stereocenters. The second-order valence-electron chi connectivity index (χ2n) is 5.99. The predicted molar refractivity (Wildman–Crippen MR) is 86.7 cm³/mol. The number of hydrogen-bond donors (Lipinski definition) is 1. The van der Waals surface area contributed by atoms with E-state index >= 15 is 0 Å². The Balaban J connectivity index is 1.98. The summed E-state index contributed by atoms with van der Waals surface area (Å²) in [4.78, 5) is 31.3. The number of amides is 1. The Morgan fingerprint density at radius 2 is 2.30 bits per heavy atom. The minimum absolute atomic E-state index is 0.0538. The number of nitrogens with zero attached hydrogens (tertiary/aromatic N) is 2. The zero-order valence-electron chi connectivity index (χ0n) is 14.2. The molecule has 0 saturated carbocycles. The fourth-order valence-electron chi connectivity index (χ4n) is 2.73. The molecular formula is C16H25N3O4. The summed E-state index contributed by atoms with van der Waals surface area (Å²) in [5, 5.41) is 0. The first-order chi connectivity index (χ1) is 10.9. The summed E-state index contributed by atoms with van der Waals surface area (Å²) in [6, 6.07) is 0. The minimum Gasteiger partial charge on any atom is -0.491 e. The number of aryl methyl sites for hydroxylation is 1. The van der Waals surface area contributed by atoms with E-state index < -0.39 is 0 Å². The maximum atomic E-state index is 12.3. The van der Waals surface area contributed by atoms with Gasteiger partial charge in [-0.15, -0.1) is 0 Å². The standard InChI is InChI=1S/C16H25N3O4/c1-11-8-19(5-6-23-11)14(20)10-18(3)9-13-7-17-12(2)16(22-4)15(13)21/h7,11H,5-6,8-10H2,1-4H3,(H,17,21). The monoisotopic (exact) mass is 323 g/mol. The van der Waals surface area contributed by atoms with E-state index in [1.165, 1.54) is 7.11 Å². The molecule has 0 aliphatic carbocycles. The van der Waals surface area contributed by atoms with Crippen molar-refractivity contribution in [2.45, 2.75) is 26.5 Å². The molecule has 0 bridgehead atoms. The van der Waals surface area contributed by atoms with Gasteiger partial charge in [0.05, 0.1) is 32.1 Å². The van der Waals surface area contributed by atoms with Crippen LogP contribution >= 0.6 is 0 Å². The zero-order valence-corrected chi connectivity index (χ0v) is 14.2. The third-order valence-corrected chi connectivity index (χ3v) is 3.94. The molecule has 1 aliphatic rings. The number of ether oxygens (including phenoxy) is 2. The number of aromatic amines is 1. The lowest BCUT2D eigenvalue weighted by Gasteiger charge is -2.32. The molecule has 1 fully saturated rings. The first-order valence-electron chi connectivity index (χ1n) is 7.75. The summed E-state index contributed by atoms with van der Waals surface area (Å²) >= 11 is 0. The number of aromatic nitrogens is 1. The lowest BCUT2D eigenvalue weighted by molar-refractivity contribution is -0.139. The van der Waals surface area contributed by atoms with E-state index in [1.54, 1.807) is 13.1 Å². The first kappa shape index (κ1) is 17.5. The smallest absolute Gasteiger partial charge is 0.236 e. The Morgan fingerprint density at radius 3 is 2.96 bits per heavy atom. The molecule has 128 valence electrons. The van der Waals surface area contributed by atoms with Crippen molar-refractivity contribution in [1.29, 1.82) is 0 Å².